The topological polar surface area (TPSA) is 25.8 Å². The highest BCUT2D eigenvalue weighted by molar-refractivity contribution is 6.36. The van der Waals surface area contributed by atoms with Crippen LogP contribution in [0.4, 0.5) is 0 Å². The zero-order valence-corrected chi connectivity index (χ0v) is 9.70. The molecule has 1 aliphatic carbocycles. The molecule has 0 bridgehead atoms. The van der Waals surface area contributed by atoms with Gasteiger partial charge in [0.2, 0.25) is 5.28 Å². The Balaban J connectivity index is 2.40. The molecule has 0 saturated heterocycles. The summed E-state index contributed by atoms with van der Waals surface area (Å²) in [5.74, 6) is 0.410. The van der Waals surface area contributed by atoms with E-state index in [-0.39, 0.29) is 5.28 Å². The predicted octanol–water partition coefficient (Wildman–Crippen LogP) is 4.09. The fourth-order valence-corrected chi connectivity index (χ4v) is 2.90. The van der Waals surface area contributed by atoms with Gasteiger partial charge in [0, 0.05) is 5.56 Å². The van der Waals surface area contributed by atoms with E-state index < -0.39 is 0 Å². The Morgan fingerprint density at radius 1 is 0.929 bits per heavy atom. The van der Waals surface area contributed by atoms with Crippen molar-refractivity contribution in [3.8, 4) is 0 Å². The summed E-state index contributed by atoms with van der Waals surface area (Å²) >= 11 is 17.6. The summed E-state index contributed by atoms with van der Waals surface area (Å²) in [7, 11) is 0. The molecule has 0 aromatic carbocycles. The van der Waals surface area contributed by atoms with Crippen LogP contribution in [-0.2, 0) is 0 Å². The van der Waals surface area contributed by atoms with Gasteiger partial charge in [-0.05, 0) is 30.4 Å². The highest BCUT2D eigenvalue weighted by Crippen LogP contribution is 2.40. The third kappa shape index (κ3) is 1.97. The number of halogens is 3. The van der Waals surface area contributed by atoms with Crippen molar-refractivity contribution in [1.29, 1.82) is 0 Å². The van der Waals surface area contributed by atoms with Crippen LogP contribution in [0.2, 0.25) is 15.6 Å². The molecule has 76 valence electrons. The molecule has 1 fully saturated rings. The summed E-state index contributed by atoms with van der Waals surface area (Å²) in [6.07, 6.45) is 4.68. The van der Waals surface area contributed by atoms with Gasteiger partial charge in [0.05, 0.1) is 0 Å². The summed E-state index contributed by atoms with van der Waals surface area (Å²) in [5.41, 5.74) is 0.871. The van der Waals surface area contributed by atoms with Crippen molar-refractivity contribution >= 4 is 34.8 Å². The molecule has 1 aromatic heterocycles. The fourth-order valence-electron chi connectivity index (χ4n) is 1.94. The van der Waals surface area contributed by atoms with E-state index in [4.69, 9.17) is 34.8 Å². The van der Waals surface area contributed by atoms with Gasteiger partial charge in [-0.15, -0.1) is 0 Å². The quantitative estimate of drug-likeness (QED) is 0.555. The van der Waals surface area contributed by atoms with E-state index in [0.29, 0.717) is 16.2 Å². The highest BCUT2D eigenvalue weighted by Gasteiger charge is 2.24. The van der Waals surface area contributed by atoms with E-state index in [0.717, 1.165) is 18.4 Å². The first-order valence-electron chi connectivity index (χ1n) is 4.57. The number of aromatic nitrogens is 2. The molecule has 1 heterocycles. The van der Waals surface area contributed by atoms with Crippen LogP contribution in [-0.4, -0.2) is 9.97 Å². The summed E-state index contributed by atoms with van der Waals surface area (Å²) < 4.78 is 0. The molecule has 1 aliphatic rings. The maximum Gasteiger partial charge on any atom is 0.225 e. The maximum absolute atomic E-state index is 5.99. The van der Waals surface area contributed by atoms with Crippen molar-refractivity contribution in [2.75, 3.05) is 0 Å². The molecule has 14 heavy (non-hydrogen) atoms. The van der Waals surface area contributed by atoms with Gasteiger partial charge < -0.3 is 0 Å². The minimum Gasteiger partial charge on any atom is -0.206 e. The number of hydrogen-bond donors (Lipinski definition) is 0. The summed E-state index contributed by atoms with van der Waals surface area (Å²) in [6.45, 7) is 0. The molecule has 2 rings (SSSR count). The Hall–Kier alpha value is -0.0500. The Bertz CT molecular complexity index is 325. The SMILES string of the molecule is Clc1nc(Cl)c(C2CCCC2)c(Cl)n1. The maximum atomic E-state index is 5.99. The standard InChI is InChI=1S/C9H9Cl3N2/c10-7-6(5-3-1-2-4-5)8(11)14-9(12)13-7/h5H,1-4H2. The van der Waals surface area contributed by atoms with Crippen molar-refractivity contribution in [3.05, 3.63) is 21.2 Å². The lowest BCUT2D eigenvalue weighted by atomic mass is 10.0. The van der Waals surface area contributed by atoms with E-state index in [2.05, 4.69) is 9.97 Å². The molecule has 2 nitrogen and oxygen atoms in total. The predicted molar refractivity (Wildman–Crippen MR) is 58.3 cm³/mol. The zero-order chi connectivity index (χ0) is 10.1. The van der Waals surface area contributed by atoms with Gasteiger partial charge in [-0.25, -0.2) is 9.97 Å². The monoisotopic (exact) mass is 250 g/mol. The second-order valence-electron chi connectivity index (χ2n) is 3.47. The average molecular weight is 252 g/mol. The van der Waals surface area contributed by atoms with Crippen LogP contribution in [0.3, 0.4) is 0 Å². The van der Waals surface area contributed by atoms with E-state index >= 15 is 0 Å². The molecular formula is C9H9Cl3N2. The van der Waals surface area contributed by atoms with Gasteiger partial charge in [0.1, 0.15) is 10.3 Å². The molecule has 0 amide bonds. The van der Waals surface area contributed by atoms with E-state index in [1.165, 1.54) is 12.8 Å². The molecule has 5 heteroatoms. The summed E-state index contributed by atoms with van der Waals surface area (Å²) in [4.78, 5) is 7.83. The van der Waals surface area contributed by atoms with Crippen molar-refractivity contribution < 1.29 is 0 Å². The summed E-state index contributed by atoms with van der Waals surface area (Å²) in [5, 5.41) is 0.922. The molecule has 0 N–H and O–H groups in total. The number of rotatable bonds is 1. The molecule has 1 saturated carbocycles. The molecular weight excluding hydrogens is 242 g/mol. The first-order valence-corrected chi connectivity index (χ1v) is 5.70. The lowest BCUT2D eigenvalue weighted by Crippen LogP contribution is -1.99. The van der Waals surface area contributed by atoms with Crippen molar-refractivity contribution in [1.82, 2.24) is 9.97 Å². The Morgan fingerprint density at radius 2 is 1.43 bits per heavy atom. The van der Waals surface area contributed by atoms with Gasteiger partial charge >= 0.3 is 0 Å². The smallest absolute Gasteiger partial charge is 0.206 e. The minimum atomic E-state index is 0.113. The van der Waals surface area contributed by atoms with Crippen molar-refractivity contribution in [2.45, 2.75) is 31.6 Å². The van der Waals surface area contributed by atoms with Gasteiger partial charge in [-0.2, -0.15) is 0 Å². The molecule has 0 aliphatic heterocycles. The average Bonchev–Trinajstić information content (AvgIpc) is 2.54. The number of nitrogens with zero attached hydrogens (tertiary/aromatic N) is 2. The molecule has 0 atom stereocenters. The largest absolute Gasteiger partial charge is 0.225 e. The fraction of sp³-hybridized carbons (Fsp3) is 0.556. The second kappa shape index (κ2) is 4.21. The molecule has 0 unspecified atom stereocenters. The zero-order valence-electron chi connectivity index (χ0n) is 7.43. The van der Waals surface area contributed by atoms with Crippen LogP contribution in [0.25, 0.3) is 0 Å². The molecule has 0 spiro atoms. The van der Waals surface area contributed by atoms with Crippen LogP contribution >= 0.6 is 34.8 Å². The lowest BCUT2D eigenvalue weighted by molar-refractivity contribution is 0.714. The van der Waals surface area contributed by atoms with Gasteiger partial charge in [0.25, 0.3) is 0 Å². The normalized spacial score (nSPS) is 17.6. The van der Waals surface area contributed by atoms with Crippen LogP contribution in [0.1, 0.15) is 37.2 Å². The van der Waals surface area contributed by atoms with Crippen LogP contribution in [0, 0.1) is 0 Å². The third-order valence-electron chi connectivity index (χ3n) is 2.59. The van der Waals surface area contributed by atoms with Crippen molar-refractivity contribution in [2.24, 2.45) is 0 Å². The lowest BCUT2D eigenvalue weighted by Gasteiger charge is -2.11. The van der Waals surface area contributed by atoms with E-state index in [9.17, 15) is 0 Å². The Morgan fingerprint density at radius 3 is 1.93 bits per heavy atom. The van der Waals surface area contributed by atoms with Gasteiger partial charge in [-0.3, -0.25) is 0 Å². The first kappa shape index (κ1) is 10.5. The third-order valence-corrected chi connectivity index (χ3v) is 3.33. The number of hydrogen-bond acceptors (Lipinski definition) is 2. The molecule has 1 aromatic rings. The summed E-state index contributed by atoms with van der Waals surface area (Å²) in [6, 6.07) is 0. The van der Waals surface area contributed by atoms with Gasteiger partial charge in [-0.1, -0.05) is 36.0 Å². The van der Waals surface area contributed by atoms with E-state index in [1.54, 1.807) is 0 Å². The molecule has 0 radical (unpaired) electrons. The second-order valence-corrected chi connectivity index (χ2v) is 4.52. The minimum absolute atomic E-state index is 0.113. The highest BCUT2D eigenvalue weighted by atomic mass is 35.5. The van der Waals surface area contributed by atoms with Crippen LogP contribution in [0.15, 0.2) is 0 Å². The van der Waals surface area contributed by atoms with Crippen molar-refractivity contribution in [3.63, 3.8) is 0 Å². The Kier molecular flexibility index (Phi) is 3.15. The van der Waals surface area contributed by atoms with E-state index in [1.807, 2.05) is 0 Å². The first-order chi connectivity index (χ1) is 6.68. The van der Waals surface area contributed by atoms with Crippen LogP contribution < -0.4 is 0 Å². The van der Waals surface area contributed by atoms with Gasteiger partial charge in [0.15, 0.2) is 0 Å². The Labute approximate surface area is 97.6 Å². The van der Waals surface area contributed by atoms with Crippen LogP contribution in [0.5, 0.6) is 0 Å².